The molecule has 1 aliphatic rings. The molecule has 0 bridgehead atoms. The van der Waals surface area contributed by atoms with Crippen LogP contribution in [-0.2, 0) is 4.74 Å². The first-order valence-corrected chi connectivity index (χ1v) is 2.93. The summed E-state index contributed by atoms with van der Waals surface area (Å²) in [6.45, 7) is -0.532. The van der Waals surface area contributed by atoms with Crippen molar-refractivity contribution in [2.75, 3.05) is 6.61 Å². The standard InChI is InChI=1S/C5H9FO4/c6-3-2(1-7)10-5(9)4(3)8/h2-5,7-9H,1H2/t2-,3+,4?,5+/m1/s1. The van der Waals surface area contributed by atoms with E-state index in [9.17, 15) is 4.39 Å². The molecule has 0 amide bonds. The maximum absolute atomic E-state index is 12.5. The maximum Gasteiger partial charge on any atom is 0.184 e. The number of ether oxygens (including phenoxy) is 1. The number of aliphatic hydroxyl groups is 3. The van der Waals surface area contributed by atoms with E-state index in [1.807, 2.05) is 0 Å². The summed E-state index contributed by atoms with van der Waals surface area (Å²) in [7, 11) is 0. The first kappa shape index (κ1) is 7.87. The second-order valence-corrected chi connectivity index (χ2v) is 2.18. The molecule has 1 aliphatic heterocycles. The molecular weight excluding hydrogens is 143 g/mol. The highest BCUT2D eigenvalue weighted by Gasteiger charge is 2.42. The van der Waals surface area contributed by atoms with Crippen LogP contribution in [0, 0.1) is 0 Å². The summed E-state index contributed by atoms with van der Waals surface area (Å²) < 4.78 is 17.0. The van der Waals surface area contributed by atoms with E-state index in [2.05, 4.69) is 4.74 Å². The number of hydrogen-bond donors (Lipinski definition) is 3. The summed E-state index contributed by atoms with van der Waals surface area (Å²) in [5.74, 6) is 0. The van der Waals surface area contributed by atoms with Gasteiger partial charge in [-0.1, -0.05) is 0 Å². The summed E-state index contributed by atoms with van der Waals surface area (Å²) in [5.41, 5.74) is 0. The summed E-state index contributed by atoms with van der Waals surface area (Å²) in [4.78, 5) is 0. The Morgan fingerprint density at radius 3 is 2.20 bits per heavy atom. The van der Waals surface area contributed by atoms with Crippen molar-refractivity contribution < 1.29 is 24.4 Å². The Kier molecular flexibility index (Phi) is 2.20. The second-order valence-electron chi connectivity index (χ2n) is 2.18. The Hall–Kier alpha value is -0.230. The Balaban J connectivity index is 2.53. The quantitative estimate of drug-likeness (QED) is 0.423. The largest absolute Gasteiger partial charge is 0.394 e. The van der Waals surface area contributed by atoms with Gasteiger partial charge < -0.3 is 20.1 Å². The van der Waals surface area contributed by atoms with Gasteiger partial charge in [0.2, 0.25) is 0 Å². The van der Waals surface area contributed by atoms with Crippen molar-refractivity contribution in [2.45, 2.75) is 24.7 Å². The van der Waals surface area contributed by atoms with Crippen molar-refractivity contribution in [3.63, 3.8) is 0 Å². The van der Waals surface area contributed by atoms with E-state index >= 15 is 0 Å². The Morgan fingerprint density at radius 2 is 2.00 bits per heavy atom. The van der Waals surface area contributed by atoms with Crippen molar-refractivity contribution in [1.29, 1.82) is 0 Å². The smallest absolute Gasteiger partial charge is 0.184 e. The third-order valence-corrected chi connectivity index (χ3v) is 1.47. The zero-order chi connectivity index (χ0) is 7.72. The molecule has 0 aromatic rings. The van der Waals surface area contributed by atoms with Crippen LogP contribution in [0.5, 0.6) is 0 Å². The van der Waals surface area contributed by atoms with Gasteiger partial charge in [0.25, 0.3) is 0 Å². The van der Waals surface area contributed by atoms with Crippen molar-refractivity contribution in [1.82, 2.24) is 0 Å². The minimum atomic E-state index is -1.69. The van der Waals surface area contributed by atoms with E-state index < -0.39 is 31.3 Å². The van der Waals surface area contributed by atoms with E-state index in [1.165, 1.54) is 0 Å². The molecular formula is C5H9FO4. The average Bonchev–Trinajstić information content (AvgIpc) is 2.17. The molecule has 0 aliphatic carbocycles. The number of halogens is 1. The van der Waals surface area contributed by atoms with Gasteiger partial charge in [-0.3, -0.25) is 0 Å². The molecule has 0 radical (unpaired) electrons. The number of hydrogen-bond acceptors (Lipinski definition) is 4. The van der Waals surface area contributed by atoms with Crippen molar-refractivity contribution in [2.24, 2.45) is 0 Å². The summed E-state index contributed by atoms with van der Waals surface area (Å²) in [5, 5.41) is 25.7. The molecule has 0 aromatic carbocycles. The summed E-state index contributed by atoms with van der Waals surface area (Å²) in [6.07, 6.45) is -5.82. The lowest BCUT2D eigenvalue weighted by Crippen LogP contribution is -2.29. The number of aliphatic hydroxyl groups excluding tert-OH is 3. The van der Waals surface area contributed by atoms with Crippen molar-refractivity contribution in [3.05, 3.63) is 0 Å². The van der Waals surface area contributed by atoms with E-state index in [4.69, 9.17) is 15.3 Å². The van der Waals surface area contributed by atoms with Crippen LogP contribution >= 0.6 is 0 Å². The lowest BCUT2D eigenvalue weighted by Gasteiger charge is -2.06. The first-order valence-electron chi connectivity index (χ1n) is 2.93. The van der Waals surface area contributed by atoms with Gasteiger partial charge in [-0.15, -0.1) is 0 Å². The van der Waals surface area contributed by atoms with Gasteiger partial charge in [-0.2, -0.15) is 0 Å². The maximum atomic E-state index is 12.5. The molecule has 60 valence electrons. The van der Waals surface area contributed by atoms with Gasteiger partial charge in [0.05, 0.1) is 6.61 Å². The van der Waals surface area contributed by atoms with Crippen LogP contribution in [0.25, 0.3) is 0 Å². The zero-order valence-corrected chi connectivity index (χ0v) is 5.14. The van der Waals surface area contributed by atoms with Crippen molar-refractivity contribution in [3.8, 4) is 0 Å². The van der Waals surface area contributed by atoms with E-state index in [0.717, 1.165) is 0 Å². The van der Waals surface area contributed by atoms with Crippen LogP contribution in [0.3, 0.4) is 0 Å². The monoisotopic (exact) mass is 152 g/mol. The lowest BCUT2D eigenvalue weighted by molar-refractivity contribution is -0.132. The molecule has 1 rings (SSSR count). The molecule has 5 heteroatoms. The van der Waals surface area contributed by atoms with E-state index in [-0.39, 0.29) is 0 Å². The molecule has 1 fully saturated rings. The highest BCUT2D eigenvalue weighted by molar-refractivity contribution is 4.85. The van der Waals surface area contributed by atoms with Crippen LogP contribution in [0.2, 0.25) is 0 Å². The molecule has 3 N–H and O–H groups in total. The Labute approximate surface area is 56.9 Å². The lowest BCUT2D eigenvalue weighted by atomic mass is 10.2. The van der Waals surface area contributed by atoms with E-state index in [1.54, 1.807) is 0 Å². The van der Waals surface area contributed by atoms with Gasteiger partial charge in [0, 0.05) is 0 Å². The molecule has 1 saturated heterocycles. The molecule has 1 unspecified atom stereocenters. The molecule has 10 heavy (non-hydrogen) atoms. The summed E-state index contributed by atoms with van der Waals surface area (Å²) in [6, 6.07) is 0. The molecule has 0 spiro atoms. The fourth-order valence-electron chi connectivity index (χ4n) is 0.856. The molecule has 4 nitrogen and oxygen atoms in total. The molecule has 4 atom stereocenters. The predicted molar refractivity (Wildman–Crippen MR) is 28.9 cm³/mol. The van der Waals surface area contributed by atoms with Crippen LogP contribution in [-0.4, -0.2) is 46.6 Å². The Bertz CT molecular complexity index is 120. The highest BCUT2D eigenvalue weighted by atomic mass is 19.1. The van der Waals surface area contributed by atoms with Crippen molar-refractivity contribution >= 4 is 0 Å². The third-order valence-electron chi connectivity index (χ3n) is 1.47. The van der Waals surface area contributed by atoms with Gasteiger partial charge in [0.1, 0.15) is 12.2 Å². The number of rotatable bonds is 1. The van der Waals surface area contributed by atoms with Crippen LogP contribution in [0.1, 0.15) is 0 Å². The highest BCUT2D eigenvalue weighted by Crippen LogP contribution is 2.21. The Morgan fingerprint density at radius 1 is 1.40 bits per heavy atom. The fraction of sp³-hybridized carbons (Fsp3) is 1.00. The summed E-state index contributed by atoms with van der Waals surface area (Å²) >= 11 is 0. The topological polar surface area (TPSA) is 69.9 Å². The van der Waals surface area contributed by atoms with Gasteiger partial charge in [0.15, 0.2) is 12.5 Å². The van der Waals surface area contributed by atoms with Crippen LogP contribution in [0.15, 0.2) is 0 Å². The fourth-order valence-corrected chi connectivity index (χ4v) is 0.856. The minimum absolute atomic E-state index is 0.532. The normalized spacial score (nSPS) is 48.0. The van der Waals surface area contributed by atoms with E-state index in [0.29, 0.717) is 0 Å². The average molecular weight is 152 g/mol. The minimum Gasteiger partial charge on any atom is -0.394 e. The zero-order valence-electron chi connectivity index (χ0n) is 5.14. The SMILES string of the molecule is OC[C@H]1O[C@H](O)C(O)[C@H]1F. The van der Waals surface area contributed by atoms with Crippen LogP contribution in [0.4, 0.5) is 4.39 Å². The number of alkyl halides is 1. The van der Waals surface area contributed by atoms with Gasteiger partial charge >= 0.3 is 0 Å². The molecule has 0 aromatic heterocycles. The predicted octanol–water partition coefficient (Wildman–Crippen LogP) is -1.61. The van der Waals surface area contributed by atoms with Gasteiger partial charge in [-0.05, 0) is 0 Å². The van der Waals surface area contributed by atoms with Crippen LogP contribution < -0.4 is 0 Å². The molecule has 1 heterocycles. The first-order chi connectivity index (χ1) is 4.66. The second kappa shape index (κ2) is 2.79. The molecule has 0 saturated carbocycles. The third kappa shape index (κ3) is 1.13. The van der Waals surface area contributed by atoms with Gasteiger partial charge in [-0.25, -0.2) is 4.39 Å².